The minimum absolute atomic E-state index is 0.0961. The van der Waals surface area contributed by atoms with Crippen LogP contribution in [0.4, 0.5) is 11.4 Å². The predicted molar refractivity (Wildman–Crippen MR) is 98.7 cm³/mol. The molecule has 10 heteroatoms. The third-order valence-corrected chi connectivity index (χ3v) is 5.66. The SMILES string of the molecule is CCN(CC)S(=O)(=O)c1ccc(N/N=C/c2ccncc2)c([N+](=O)[O-])c1. The van der Waals surface area contributed by atoms with Gasteiger partial charge in [0.25, 0.3) is 5.69 Å². The summed E-state index contributed by atoms with van der Waals surface area (Å²) in [6.07, 6.45) is 4.67. The Kier molecular flexibility index (Phi) is 6.36. The van der Waals surface area contributed by atoms with Crippen molar-refractivity contribution in [3.05, 3.63) is 58.4 Å². The molecule has 0 spiro atoms. The highest BCUT2D eigenvalue weighted by molar-refractivity contribution is 7.89. The fraction of sp³-hybridized carbons (Fsp3) is 0.250. The Morgan fingerprint density at radius 1 is 1.23 bits per heavy atom. The molecule has 0 saturated heterocycles. The van der Waals surface area contributed by atoms with Gasteiger partial charge in [-0.3, -0.25) is 20.5 Å². The highest BCUT2D eigenvalue weighted by atomic mass is 32.2. The fourth-order valence-electron chi connectivity index (χ4n) is 2.26. The maximum Gasteiger partial charge on any atom is 0.295 e. The molecule has 1 N–H and O–H groups in total. The normalized spacial score (nSPS) is 11.8. The number of pyridine rings is 1. The molecule has 0 atom stereocenters. The van der Waals surface area contributed by atoms with Crippen LogP contribution >= 0.6 is 0 Å². The number of sulfonamides is 1. The van der Waals surface area contributed by atoms with Gasteiger partial charge in [0.1, 0.15) is 5.69 Å². The monoisotopic (exact) mass is 377 g/mol. The molecule has 0 aliphatic carbocycles. The smallest absolute Gasteiger partial charge is 0.272 e. The number of nitro benzene ring substituents is 1. The molecule has 0 fully saturated rings. The van der Waals surface area contributed by atoms with Crippen molar-refractivity contribution in [2.75, 3.05) is 18.5 Å². The molecule has 0 unspecified atom stereocenters. The van der Waals surface area contributed by atoms with E-state index in [0.717, 1.165) is 11.6 Å². The number of hydrazone groups is 1. The average Bonchev–Trinajstić information content (AvgIpc) is 2.63. The number of benzene rings is 1. The lowest BCUT2D eigenvalue weighted by Crippen LogP contribution is -2.30. The van der Waals surface area contributed by atoms with Gasteiger partial charge < -0.3 is 0 Å². The van der Waals surface area contributed by atoms with Crippen molar-refractivity contribution >= 4 is 27.6 Å². The van der Waals surface area contributed by atoms with Crippen LogP contribution in [0.5, 0.6) is 0 Å². The summed E-state index contributed by atoms with van der Waals surface area (Å²) in [5.41, 5.74) is 3.06. The second kappa shape index (κ2) is 8.50. The molecule has 9 nitrogen and oxygen atoms in total. The van der Waals surface area contributed by atoms with Crippen LogP contribution in [0.3, 0.4) is 0 Å². The molecule has 1 aromatic carbocycles. The van der Waals surface area contributed by atoms with Crippen molar-refractivity contribution < 1.29 is 13.3 Å². The standard InChI is InChI=1S/C16H19N5O4S/c1-3-20(4-2)26(24,25)14-5-6-15(16(11-14)21(22)23)19-18-12-13-7-9-17-10-8-13/h5-12,19H,3-4H2,1-2H3/b18-12+. The summed E-state index contributed by atoms with van der Waals surface area (Å²) in [6, 6.07) is 7.14. The molecule has 0 amide bonds. The summed E-state index contributed by atoms with van der Waals surface area (Å²) >= 11 is 0. The van der Waals surface area contributed by atoms with E-state index >= 15 is 0 Å². The summed E-state index contributed by atoms with van der Waals surface area (Å²) in [5, 5.41) is 15.3. The van der Waals surface area contributed by atoms with Crippen molar-refractivity contribution in [3.8, 4) is 0 Å². The third kappa shape index (κ3) is 4.41. The van der Waals surface area contributed by atoms with Gasteiger partial charge in [0.15, 0.2) is 0 Å². The van der Waals surface area contributed by atoms with Crippen LogP contribution in [0.15, 0.2) is 52.7 Å². The highest BCUT2D eigenvalue weighted by Gasteiger charge is 2.25. The second-order valence-corrected chi connectivity index (χ2v) is 7.11. The van der Waals surface area contributed by atoms with Crippen LogP contribution in [0.2, 0.25) is 0 Å². The van der Waals surface area contributed by atoms with Gasteiger partial charge in [0.05, 0.1) is 16.0 Å². The van der Waals surface area contributed by atoms with E-state index in [-0.39, 0.29) is 29.4 Å². The largest absolute Gasteiger partial charge is 0.295 e. The summed E-state index contributed by atoms with van der Waals surface area (Å²) in [5.74, 6) is 0. The Balaban J connectivity index is 2.32. The van der Waals surface area contributed by atoms with E-state index in [0.29, 0.717) is 0 Å². The van der Waals surface area contributed by atoms with Gasteiger partial charge in [-0.15, -0.1) is 0 Å². The van der Waals surface area contributed by atoms with E-state index < -0.39 is 14.9 Å². The number of aromatic nitrogens is 1. The van der Waals surface area contributed by atoms with E-state index in [9.17, 15) is 18.5 Å². The second-order valence-electron chi connectivity index (χ2n) is 5.18. The first-order chi connectivity index (χ1) is 12.4. The molecular formula is C16H19N5O4S. The Hall–Kier alpha value is -2.85. The van der Waals surface area contributed by atoms with Crippen molar-refractivity contribution in [3.63, 3.8) is 0 Å². The Bertz CT molecular complexity index is 896. The molecule has 0 aliphatic heterocycles. The number of hydrogen-bond donors (Lipinski definition) is 1. The summed E-state index contributed by atoms with van der Waals surface area (Å²) in [6.45, 7) is 3.98. The maximum atomic E-state index is 12.5. The number of rotatable bonds is 8. The zero-order chi connectivity index (χ0) is 19.2. The molecule has 2 aromatic rings. The van der Waals surface area contributed by atoms with E-state index in [1.165, 1.54) is 22.7 Å². The average molecular weight is 377 g/mol. The minimum Gasteiger partial charge on any atom is -0.272 e. The van der Waals surface area contributed by atoms with E-state index in [1.807, 2.05) is 0 Å². The molecule has 0 saturated carbocycles. The van der Waals surface area contributed by atoms with Crippen LogP contribution in [-0.2, 0) is 10.0 Å². The zero-order valence-electron chi connectivity index (χ0n) is 14.4. The lowest BCUT2D eigenvalue weighted by atomic mass is 10.3. The van der Waals surface area contributed by atoms with Gasteiger partial charge >= 0.3 is 0 Å². The fourth-order valence-corrected chi connectivity index (χ4v) is 3.73. The van der Waals surface area contributed by atoms with Crippen LogP contribution in [0.1, 0.15) is 19.4 Å². The number of nitrogens with one attached hydrogen (secondary N) is 1. The van der Waals surface area contributed by atoms with Crippen molar-refractivity contribution in [1.82, 2.24) is 9.29 Å². The molecule has 1 aromatic heterocycles. The molecule has 2 rings (SSSR count). The molecule has 0 aliphatic rings. The van der Waals surface area contributed by atoms with Gasteiger partial charge in [-0.1, -0.05) is 13.8 Å². The van der Waals surface area contributed by atoms with E-state index in [4.69, 9.17) is 0 Å². The highest BCUT2D eigenvalue weighted by Crippen LogP contribution is 2.29. The van der Waals surface area contributed by atoms with Crippen molar-refractivity contribution in [1.29, 1.82) is 0 Å². The van der Waals surface area contributed by atoms with Crippen molar-refractivity contribution in [2.45, 2.75) is 18.7 Å². The Morgan fingerprint density at radius 2 is 1.88 bits per heavy atom. The molecule has 0 radical (unpaired) electrons. The predicted octanol–water partition coefficient (Wildman–Crippen LogP) is 2.47. The maximum absolute atomic E-state index is 12.5. The van der Waals surface area contributed by atoms with Gasteiger partial charge in [-0.2, -0.15) is 9.41 Å². The number of anilines is 1. The summed E-state index contributed by atoms with van der Waals surface area (Å²) in [4.78, 5) is 14.4. The van der Waals surface area contributed by atoms with E-state index in [1.54, 1.807) is 38.4 Å². The lowest BCUT2D eigenvalue weighted by Gasteiger charge is -2.18. The molecular weight excluding hydrogens is 358 g/mol. The summed E-state index contributed by atoms with van der Waals surface area (Å²) in [7, 11) is -3.78. The van der Waals surface area contributed by atoms with Gasteiger partial charge in [-0.05, 0) is 29.8 Å². The first-order valence-electron chi connectivity index (χ1n) is 7.87. The molecule has 0 bridgehead atoms. The topological polar surface area (TPSA) is 118 Å². The van der Waals surface area contributed by atoms with Crippen LogP contribution in [0.25, 0.3) is 0 Å². The van der Waals surface area contributed by atoms with Gasteiger partial charge in [0.2, 0.25) is 10.0 Å². The van der Waals surface area contributed by atoms with Crippen LogP contribution in [0, 0.1) is 10.1 Å². The first-order valence-corrected chi connectivity index (χ1v) is 9.31. The van der Waals surface area contributed by atoms with Gasteiger partial charge in [0, 0.05) is 31.5 Å². The molecule has 138 valence electrons. The van der Waals surface area contributed by atoms with E-state index in [2.05, 4.69) is 15.5 Å². The molecule has 1 heterocycles. The van der Waals surface area contributed by atoms with Crippen LogP contribution in [-0.4, -0.2) is 41.9 Å². The zero-order valence-corrected chi connectivity index (χ0v) is 15.2. The molecule has 26 heavy (non-hydrogen) atoms. The Labute approximate surface area is 151 Å². The lowest BCUT2D eigenvalue weighted by molar-refractivity contribution is -0.384. The van der Waals surface area contributed by atoms with Crippen molar-refractivity contribution in [2.24, 2.45) is 5.10 Å². The number of nitrogens with zero attached hydrogens (tertiary/aromatic N) is 4. The number of hydrogen-bond acceptors (Lipinski definition) is 7. The quantitative estimate of drug-likeness (QED) is 0.429. The number of nitro groups is 1. The minimum atomic E-state index is -3.78. The third-order valence-electron chi connectivity index (χ3n) is 3.61. The Morgan fingerprint density at radius 3 is 2.46 bits per heavy atom. The summed E-state index contributed by atoms with van der Waals surface area (Å²) < 4.78 is 26.3. The van der Waals surface area contributed by atoms with Gasteiger partial charge in [-0.25, -0.2) is 8.42 Å². The van der Waals surface area contributed by atoms with Crippen LogP contribution < -0.4 is 5.43 Å². The first kappa shape index (κ1) is 19.5.